The summed E-state index contributed by atoms with van der Waals surface area (Å²) in [5.74, 6) is -1.72. The normalized spacial score (nSPS) is 16.4. The van der Waals surface area contributed by atoms with Crippen molar-refractivity contribution >= 4 is 11.4 Å². The molecule has 1 unspecified atom stereocenters. The zero-order valence-electron chi connectivity index (χ0n) is 9.53. The van der Waals surface area contributed by atoms with Gasteiger partial charge in [0, 0.05) is 24.7 Å². The van der Waals surface area contributed by atoms with E-state index in [0.717, 1.165) is 18.9 Å². The molecule has 0 amide bonds. The van der Waals surface area contributed by atoms with Gasteiger partial charge in [-0.2, -0.15) is 4.39 Å². The molecule has 1 atom stereocenters. The van der Waals surface area contributed by atoms with Gasteiger partial charge in [0.05, 0.1) is 4.92 Å². The Bertz CT molecular complexity index is 478. The fraction of sp³-hybridized carbons (Fsp3) is 0.455. The van der Waals surface area contributed by atoms with E-state index in [9.17, 15) is 18.9 Å². The third-order valence-electron chi connectivity index (χ3n) is 3.00. The number of hydrogen-bond acceptors (Lipinski definition) is 4. The third-order valence-corrected chi connectivity index (χ3v) is 3.00. The SMILES string of the molecule is NCC(Nc1cc(F)cc(F)c1[N+](=O)[O-])C1CC1. The van der Waals surface area contributed by atoms with Crippen LogP contribution in [-0.2, 0) is 0 Å². The van der Waals surface area contributed by atoms with E-state index < -0.39 is 22.2 Å². The second-order valence-corrected chi connectivity index (χ2v) is 4.36. The largest absolute Gasteiger partial charge is 0.375 e. The van der Waals surface area contributed by atoms with Crippen LogP contribution in [0.1, 0.15) is 12.8 Å². The predicted molar refractivity (Wildman–Crippen MR) is 62.2 cm³/mol. The van der Waals surface area contributed by atoms with Crippen molar-refractivity contribution in [2.24, 2.45) is 11.7 Å². The van der Waals surface area contributed by atoms with E-state index in [1.54, 1.807) is 0 Å². The van der Waals surface area contributed by atoms with Gasteiger partial charge in [0.15, 0.2) is 0 Å². The van der Waals surface area contributed by atoms with E-state index >= 15 is 0 Å². The molecule has 1 aromatic carbocycles. The Kier molecular flexibility index (Phi) is 3.42. The molecule has 7 heteroatoms. The smallest absolute Gasteiger partial charge is 0.327 e. The number of rotatable bonds is 5. The van der Waals surface area contributed by atoms with Crippen LogP contribution < -0.4 is 11.1 Å². The van der Waals surface area contributed by atoms with Gasteiger partial charge in [0.25, 0.3) is 0 Å². The lowest BCUT2D eigenvalue weighted by atomic mass is 10.1. The summed E-state index contributed by atoms with van der Waals surface area (Å²) in [5, 5.41) is 13.6. The van der Waals surface area contributed by atoms with Gasteiger partial charge in [-0.05, 0) is 18.8 Å². The highest BCUT2D eigenvalue weighted by atomic mass is 19.1. The number of nitro benzene ring substituents is 1. The molecule has 1 aliphatic rings. The summed E-state index contributed by atoms with van der Waals surface area (Å²) in [5.41, 5.74) is 4.65. The average Bonchev–Trinajstić information content (AvgIpc) is 3.07. The molecule has 1 fully saturated rings. The fourth-order valence-electron chi connectivity index (χ4n) is 1.93. The van der Waals surface area contributed by atoms with Gasteiger partial charge in [-0.15, -0.1) is 0 Å². The number of nitro groups is 1. The number of anilines is 1. The number of halogens is 2. The van der Waals surface area contributed by atoms with Crippen LogP contribution in [0.25, 0.3) is 0 Å². The van der Waals surface area contributed by atoms with Crippen LogP contribution in [0, 0.1) is 27.7 Å². The number of hydrogen-bond donors (Lipinski definition) is 2. The summed E-state index contributed by atoms with van der Waals surface area (Å²) in [4.78, 5) is 9.92. The lowest BCUT2D eigenvalue weighted by Gasteiger charge is -2.17. The zero-order chi connectivity index (χ0) is 13.3. The highest BCUT2D eigenvalue weighted by Gasteiger charge is 2.32. The van der Waals surface area contributed by atoms with E-state index in [1.165, 1.54) is 0 Å². The molecule has 0 heterocycles. The van der Waals surface area contributed by atoms with E-state index in [1.807, 2.05) is 0 Å². The molecule has 1 saturated carbocycles. The Morgan fingerprint density at radius 1 is 1.50 bits per heavy atom. The van der Waals surface area contributed by atoms with Crippen LogP contribution in [0.15, 0.2) is 12.1 Å². The standard InChI is InChI=1S/C11H13F2N3O2/c12-7-3-8(13)11(16(17)18)9(4-7)15-10(5-14)6-1-2-6/h3-4,6,10,15H,1-2,5,14H2. The minimum Gasteiger partial charge on any atom is -0.375 e. The van der Waals surface area contributed by atoms with Crippen LogP contribution in [-0.4, -0.2) is 17.5 Å². The monoisotopic (exact) mass is 257 g/mol. The first-order valence-corrected chi connectivity index (χ1v) is 5.63. The molecule has 0 bridgehead atoms. The van der Waals surface area contributed by atoms with E-state index in [0.29, 0.717) is 12.0 Å². The lowest BCUT2D eigenvalue weighted by molar-refractivity contribution is -0.386. The lowest BCUT2D eigenvalue weighted by Crippen LogP contribution is -2.31. The highest BCUT2D eigenvalue weighted by molar-refractivity contribution is 5.63. The molecule has 2 rings (SSSR count). The van der Waals surface area contributed by atoms with E-state index in [4.69, 9.17) is 5.73 Å². The second kappa shape index (κ2) is 4.85. The topological polar surface area (TPSA) is 81.2 Å². The first-order valence-electron chi connectivity index (χ1n) is 5.63. The van der Waals surface area contributed by atoms with Crippen molar-refractivity contribution < 1.29 is 13.7 Å². The van der Waals surface area contributed by atoms with Gasteiger partial charge in [-0.1, -0.05) is 0 Å². The molecule has 0 saturated heterocycles. The van der Waals surface area contributed by atoms with Crippen molar-refractivity contribution in [1.29, 1.82) is 0 Å². The zero-order valence-corrected chi connectivity index (χ0v) is 9.53. The summed E-state index contributed by atoms with van der Waals surface area (Å²) < 4.78 is 26.5. The Morgan fingerprint density at radius 2 is 2.17 bits per heavy atom. The Hall–Kier alpha value is -1.76. The van der Waals surface area contributed by atoms with Gasteiger partial charge in [-0.3, -0.25) is 10.1 Å². The van der Waals surface area contributed by atoms with Gasteiger partial charge in [0.2, 0.25) is 5.82 Å². The van der Waals surface area contributed by atoms with Crippen molar-refractivity contribution in [2.75, 3.05) is 11.9 Å². The van der Waals surface area contributed by atoms with Gasteiger partial charge >= 0.3 is 5.69 Å². The molecule has 5 nitrogen and oxygen atoms in total. The minimum absolute atomic E-state index is 0.153. The van der Waals surface area contributed by atoms with Crippen molar-refractivity contribution in [3.63, 3.8) is 0 Å². The Morgan fingerprint density at radius 3 is 2.67 bits per heavy atom. The Labute approximate surface area is 102 Å². The first-order chi connectivity index (χ1) is 8.52. The molecule has 0 aromatic heterocycles. The molecule has 0 radical (unpaired) electrons. The molecule has 0 spiro atoms. The van der Waals surface area contributed by atoms with Crippen LogP contribution in [0.5, 0.6) is 0 Å². The first kappa shape index (κ1) is 12.7. The van der Waals surface area contributed by atoms with Crippen molar-refractivity contribution in [2.45, 2.75) is 18.9 Å². The number of nitrogens with two attached hydrogens (primary N) is 1. The van der Waals surface area contributed by atoms with Crippen molar-refractivity contribution in [1.82, 2.24) is 0 Å². The van der Waals surface area contributed by atoms with Crippen molar-refractivity contribution in [3.05, 3.63) is 33.9 Å². The van der Waals surface area contributed by atoms with E-state index in [2.05, 4.69) is 5.32 Å². The van der Waals surface area contributed by atoms with Crippen LogP contribution in [0.2, 0.25) is 0 Å². The number of nitrogens with one attached hydrogen (secondary N) is 1. The molecule has 1 aliphatic carbocycles. The highest BCUT2D eigenvalue weighted by Crippen LogP contribution is 2.36. The molecule has 0 aliphatic heterocycles. The Balaban J connectivity index is 2.32. The maximum Gasteiger partial charge on any atom is 0.327 e. The molecular formula is C11H13F2N3O2. The van der Waals surface area contributed by atoms with Crippen LogP contribution >= 0.6 is 0 Å². The fourth-order valence-corrected chi connectivity index (χ4v) is 1.93. The molecule has 1 aromatic rings. The molecule has 3 N–H and O–H groups in total. The predicted octanol–water partition coefficient (Wildman–Crippen LogP) is 2.02. The summed E-state index contributed by atoms with van der Waals surface area (Å²) in [6.07, 6.45) is 1.95. The van der Waals surface area contributed by atoms with Gasteiger partial charge in [-0.25, -0.2) is 4.39 Å². The third kappa shape index (κ3) is 2.56. The summed E-state index contributed by atoms with van der Waals surface area (Å²) in [7, 11) is 0. The van der Waals surface area contributed by atoms with Crippen molar-refractivity contribution in [3.8, 4) is 0 Å². The molecular weight excluding hydrogens is 244 g/mol. The van der Waals surface area contributed by atoms with Crippen LogP contribution in [0.3, 0.4) is 0 Å². The van der Waals surface area contributed by atoms with E-state index in [-0.39, 0.29) is 18.3 Å². The second-order valence-electron chi connectivity index (χ2n) is 4.36. The maximum atomic E-state index is 13.4. The quantitative estimate of drug-likeness (QED) is 0.624. The number of benzene rings is 1. The minimum atomic E-state index is -1.19. The molecule has 18 heavy (non-hydrogen) atoms. The average molecular weight is 257 g/mol. The summed E-state index contributed by atoms with van der Waals surface area (Å²) in [6, 6.07) is 1.23. The summed E-state index contributed by atoms with van der Waals surface area (Å²) in [6.45, 7) is 0.264. The summed E-state index contributed by atoms with van der Waals surface area (Å²) >= 11 is 0. The van der Waals surface area contributed by atoms with Crippen LogP contribution in [0.4, 0.5) is 20.2 Å². The molecule has 98 valence electrons. The maximum absolute atomic E-state index is 13.4. The number of nitrogens with zero attached hydrogens (tertiary/aromatic N) is 1. The van der Waals surface area contributed by atoms with Gasteiger partial charge in [0.1, 0.15) is 11.5 Å². The van der Waals surface area contributed by atoms with Gasteiger partial charge < -0.3 is 11.1 Å².